The molecule has 21 heteroatoms. The molecule has 1 aliphatic carbocycles. The average Bonchev–Trinajstić information content (AvgIpc) is 3.44. The second-order valence-corrected chi connectivity index (χ2v) is 14.1. The van der Waals surface area contributed by atoms with Crippen molar-refractivity contribution in [2.45, 2.75) is 44.0 Å². The van der Waals surface area contributed by atoms with Gasteiger partial charge in [-0.2, -0.15) is 13.2 Å². The van der Waals surface area contributed by atoms with Crippen molar-refractivity contribution in [3.8, 4) is 17.1 Å². The van der Waals surface area contributed by atoms with Crippen molar-refractivity contribution in [2.24, 2.45) is 0 Å². The highest BCUT2D eigenvalue weighted by Gasteiger charge is 2.40. The minimum Gasteiger partial charge on any atom is -0.382 e. The van der Waals surface area contributed by atoms with Crippen molar-refractivity contribution >= 4 is 33.3 Å². The number of carbonyl (C=O) groups excluding carboxylic acids is 2. The van der Waals surface area contributed by atoms with Gasteiger partial charge in [-0.25, -0.2) is 32.0 Å². The van der Waals surface area contributed by atoms with E-state index in [0.717, 1.165) is 9.36 Å². The molecule has 260 valence electrons. The summed E-state index contributed by atoms with van der Waals surface area (Å²) in [6.45, 7) is -2.12. The van der Waals surface area contributed by atoms with Crippen LogP contribution in [0.5, 0.6) is 0 Å². The number of nitrogens with one attached hydrogen (secondary N) is 1. The van der Waals surface area contributed by atoms with E-state index in [1.165, 1.54) is 47.6 Å². The van der Waals surface area contributed by atoms with Gasteiger partial charge in [-0.3, -0.25) is 19.1 Å². The lowest BCUT2D eigenvalue weighted by Gasteiger charge is -2.26. The number of rotatable bonds is 9. The summed E-state index contributed by atoms with van der Waals surface area (Å²) in [6.07, 6.45) is -6.58. The Morgan fingerprint density at radius 2 is 1.78 bits per heavy atom. The summed E-state index contributed by atoms with van der Waals surface area (Å²) in [5, 5.41) is 21.1. The van der Waals surface area contributed by atoms with Crippen molar-refractivity contribution < 1.29 is 40.7 Å². The van der Waals surface area contributed by atoms with Gasteiger partial charge in [0.05, 0.1) is 41.5 Å². The maximum Gasteiger partial charge on any atom is 0.416 e. The zero-order valence-corrected chi connectivity index (χ0v) is 26.7. The number of aromatic nitrogens is 7. The Balaban J connectivity index is 1.41. The average molecular weight is 728 g/mol. The fraction of sp³-hybridized carbons (Fsp3) is 0.393. The van der Waals surface area contributed by atoms with E-state index in [-0.39, 0.29) is 59.5 Å². The van der Waals surface area contributed by atoms with Crippen molar-refractivity contribution in [3.63, 3.8) is 0 Å². The largest absolute Gasteiger partial charge is 0.416 e. The third-order valence-corrected chi connectivity index (χ3v) is 9.69. The van der Waals surface area contributed by atoms with Gasteiger partial charge in [0, 0.05) is 36.3 Å². The molecule has 0 unspecified atom stereocenters. The molecule has 15 nitrogen and oxygen atoms in total. The summed E-state index contributed by atoms with van der Waals surface area (Å²) in [4.78, 5) is 49.8. The van der Waals surface area contributed by atoms with Crippen LogP contribution in [-0.4, -0.2) is 113 Å². The number of halogens is 5. The van der Waals surface area contributed by atoms with Crippen LogP contribution >= 0.6 is 11.6 Å². The number of nitrogens with zero attached hydrogens (tertiary/aromatic N) is 8. The first-order valence-corrected chi connectivity index (χ1v) is 16.8. The number of sulfone groups is 1. The quantitative estimate of drug-likeness (QED) is 0.236. The maximum absolute atomic E-state index is 13.7. The summed E-state index contributed by atoms with van der Waals surface area (Å²) < 4.78 is 79.9. The fourth-order valence-electron chi connectivity index (χ4n) is 5.02. The van der Waals surface area contributed by atoms with E-state index in [4.69, 9.17) is 11.6 Å². The smallest absolute Gasteiger partial charge is 0.382 e. The highest BCUT2D eigenvalue weighted by Crippen LogP contribution is 2.27. The number of alkyl halides is 4. The molecule has 4 aromatic rings. The second kappa shape index (κ2) is 13.0. The van der Waals surface area contributed by atoms with E-state index < -0.39 is 70.7 Å². The first-order valence-electron chi connectivity index (χ1n) is 14.6. The Kier molecular flexibility index (Phi) is 9.05. The Morgan fingerprint density at radius 3 is 2.41 bits per heavy atom. The van der Waals surface area contributed by atoms with Crippen molar-refractivity contribution in [1.29, 1.82) is 0 Å². The topological polar surface area (TPSA) is 187 Å². The van der Waals surface area contributed by atoms with Crippen LogP contribution in [0.25, 0.3) is 17.1 Å². The van der Waals surface area contributed by atoms with Gasteiger partial charge in [-0.05, 0) is 30.3 Å². The molecule has 2 fully saturated rings. The first kappa shape index (κ1) is 34.2. The Hall–Kier alpha value is -4.69. The molecule has 1 saturated carbocycles. The maximum atomic E-state index is 13.7. The molecule has 2 N–H and O–H groups in total. The lowest BCUT2D eigenvalue weighted by molar-refractivity contribution is -0.207. The number of pyridine rings is 1. The van der Waals surface area contributed by atoms with Gasteiger partial charge in [-0.1, -0.05) is 11.6 Å². The van der Waals surface area contributed by atoms with E-state index >= 15 is 0 Å². The molecule has 0 spiro atoms. The third-order valence-electron chi connectivity index (χ3n) is 7.83. The standard InChI is InChI=1S/C28H26ClF4N9O6S/c29-16-3-1-15(2-4-16)23-38-41(27(46)40(23)13-21(43)28(31,32)33)14-22-36-24(26(45)39-7-9-49(47,48)10-8-39)42(37-22)20-12-34-6-5-17(20)25(44)35-19-11-18(19)30/h1-6,12,18-19,21,43H,7-11,13-14H2,(H,35,44)/t18-,19+,21-/m0/s1. The Morgan fingerprint density at radius 1 is 1.10 bits per heavy atom. The molecule has 1 aliphatic heterocycles. The number of hydrogen-bond donors (Lipinski definition) is 2. The number of benzene rings is 1. The highest BCUT2D eigenvalue weighted by molar-refractivity contribution is 7.91. The van der Waals surface area contributed by atoms with Gasteiger partial charge < -0.3 is 15.3 Å². The number of hydrogen-bond acceptors (Lipinski definition) is 10. The summed E-state index contributed by atoms with van der Waals surface area (Å²) in [6, 6.07) is 6.28. The minimum atomic E-state index is -5.06. The second-order valence-electron chi connectivity index (χ2n) is 11.4. The molecule has 2 amide bonds. The Bertz CT molecular complexity index is 2070. The summed E-state index contributed by atoms with van der Waals surface area (Å²) >= 11 is 5.95. The van der Waals surface area contributed by atoms with Crippen LogP contribution in [0.1, 0.15) is 33.2 Å². The molecule has 3 atom stereocenters. The molecule has 3 aromatic heterocycles. The van der Waals surface area contributed by atoms with Crippen molar-refractivity contribution in [1.82, 2.24) is 44.3 Å². The molecule has 49 heavy (non-hydrogen) atoms. The van der Waals surface area contributed by atoms with E-state index in [2.05, 4.69) is 25.5 Å². The van der Waals surface area contributed by atoms with Gasteiger partial charge in [0.15, 0.2) is 27.6 Å². The number of carbonyl (C=O) groups is 2. The molecular formula is C28H26ClF4N9O6S. The molecule has 0 radical (unpaired) electrons. The lowest BCUT2D eigenvalue weighted by Crippen LogP contribution is -2.44. The molecular weight excluding hydrogens is 702 g/mol. The van der Waals surface area contributed by atoms with Crippen LogP contribution < -0.4 is 11.0 Å². The number of aliphatic hydroxyl groups is 1. The van der Waals surface area contributed by atoms with E-state index in [0.29, 0.717) is 9.59 Å². The Labute approximate surface area is 279 Å². The predicted octanol–water partition coefficient (Wildman–Crippen LogP) is 1.02. The SMILES string of the molecule is O=C(N[C@@H]1C[C@@H]1F)c1ccncc1-n1nc(Cn2nc(-c3ccc(Cl)cc3)n(C[C@H](O)C(F)(F)F)c2=O)nc1C(=O)N1CCS(=O)(=O)CC1. The number of amides is 2. The fourth-order valence-corrected chi connectivity index (χ4v) is 6.35. The van der Waals surface area contributed by atoms with Crippen LogP contribution in [0, 0.1) is 0 Å². The van der Waals surface area contributed by atoms with E-state index in [9.17, 15) is 45.5 Å². The zero-order chi connectivity index (χ0) is 35.2. The molecule has 2 aliphatic rings. The van der Waals surface area contributed by atoms with Gasteiger partial charge in [0.25, 0.3) is 11.8 Å². The molecule has 6 rings (SSSR count). The summed E-state index contributed by atoms with van der Waals surface area (Å²) in [5.74, 6) is -2.99. The highest BCUT2D eigenvalue weighted by atomic mass is 35.5. The molecule has 1 aromatic carbocycles. The van der Waals surface area contributed by atoms with Crippen molar-refractivity contribution in [3.05, 3.63) is 75.4 Å². The molecule has 4 heterocycles. The van der Waals surface area contributed by atoms with E-state index in [1.807, 2.05) is 0 Å². The zero-order valence-electron chi connectivity index (χ0n) is 25.1. The van der Waals surface area contributed by atoms with Crippen LogP contribution in [0.3, 0.4) is 0 Å². The predicted molar refractivity (Wildman–Crippen MR) is 163 cm³/mol. The van der Waals surface area contributed by atoms with Crippen LogP contribution in [-0.2, 0) is 22.9 Å². The minimum absolute atomic E-state index is 0.0594. The van der Waals surface area contributed by atoms with Crippen LogP contribution in [0.2, 0.25) is 5.02 Å². The van der Waals surface area contributed by atoms with Gasteiger partial charge in [-0.15, -0.1) is 10.2 Å². The normalized spacial score (nSPS) is 19.4. The number of aliphatic hydroxyl groups excluding tert-OH is 1. The molecule has 1 saturated heterocycles. The summed E-state index contributed by atoms with van der Waals surface area (Å²) in [5.41, 5.74) is -1.00. The third kappa shape index (κ3) is 7.35. The first-order chi connectivity index (χ1) is 23.1. The van der Waals surface area contributed by atoms with Gasteiger partial charge >= 0.3 is 11.9 Å². The monoisotopic (exact) mass is 727 g/mol. The molecule has 0 bridgehead atoms. The van der Waals surface area contributed by atoms with Gasteiger partial charge in [0.2, 0.25) is 5.82 Å². The van der Waals surface area contributed by atoms with Crippen molar-refractivity contribution in [2.75, 3.05) is 24.6 Å². The lowest BCUT2D eigenvalue weighted by atomic mass is 10.2. The van der Waals surface area contributed by atoms with Crippen LogP contribution in [0.4, 0.5) is 17.6 Å². The summed E-state index contributed by atoms with van der Waals surface area (Å²) in [7, 11) is -3.38. The van der Waals surface area contributed by atoms with Gasteiger partial charge in [0.1, 0.15) is 12.7 Å². The van der Waals surface area contributed by atoms with Crippen LogP contribution in [0.15, 0.2) is 47.5 Å². The van der Waals surface area contributed by atoms with E-state index in [1.54, 1.807) is 0 Å².